The van der Waals surface area contributed by atoms with Gasteiger partial charge in [-0.3, -0.25) is 9.13 Å². The average Bonchev–Trinajstić information content (AvgIpc) is 3.50. The number of methoxy groups -OCH3 is 1. The van der Waals surface area contributed by atoms with Crippen LogP contribution in [0.3, 0.4) is 0 Å². The summed E-state index contributed by atoms with van der Waals surface area (Å²) in [7, 11) is 1.43. The van der Waals surface area contributed by atoms with Gasteiger partial charge in [-0.05, 0) is 25.0 Å². The van der Waals surface area contributed by atoms with E-state index in [-0.39, 0.29) is 36.2 Å². The van der Waals surface area contributed by atoms with E-state index >= 15 is 0 Å². The molecule has 1 aromatic carbocycles. The molecule has 0 unspecified atom stereocenters. The number of para-hydroxylation sites is 1. The number of anilines is 1. The van der Waals surface area contributed by atoms with Crippen LogP contribution >= 0.6 is 0 Å². The highest BCUT2D eigenvalue weighted by Gasteiger charge is 2.30. The van der Waals surface area contributed by atoms with E-state index in [9.17, 15) is 23.5 Å². The predicted molar refractivity (Wildman–Crippen MR) is 135 cm³/mol. The number of benzene rings is 1. The summed E-state index contributed by atoms with van der Waals surface area (Å²) < 4.78 is 42.1. The maximum atomic E-state index is 14.3. The molecule has 15 heteroatoms. The first-order valence-electron chi connectivity index (χ1n) is 12.5. The average molecular weight is 545 g/mol. The number of likely N-dealkylation sites (tertiary alicyclic amines) is 1. The fourth-order valence-corrected chi connectivity index (χ4v) is 5.35. The van der Waals surface area contributed by atoms with Crippen LogP contribution in [0.1, 0.15) is 31.1 Å². The summed E-state index contributed by atoms with van der Waals surface area (Å²) in [5.41, 5.74) is 0.777. The summed E-state index contributed by atoms with van der Waals surface area (Å²) in [6, 6.07) is 4.59. The highest BCUT2D eigenvalue weighted by Crippen LogP contribution is 2.34. The normalized spacial score (nSPS) is 17.0. The third-order valence-corrected chi connectivity index (χ3v) is 7.24. The molecule has 0 aliphatic carbocycles. The number of aromatic amines is 1. The van der Waals surface area contributed by atoms with Crippen LogP contribution in [0.25, 0.3) is 28.1 Å². The summed E-state index contributed by atoms with van der Waals surface area (Å²) >= 11 is 0. The Morgan fingerprint density at radius 3 is 2.56 bits per heavy atom. The number of piperidine rings is 1. The number of morpholine rings is 1. The van der Waals surface area contributed by atoms with Crippen molar-refractivity contribution in [3.8, 4) is 11.7 Å². The molecule has 4 aromatic rings. The fourth-order valence-electron chi connectivity index (χ4n) is 5.35. The molecule has 5 heterocycles. The van der Waals surface area contributed by atoms with E-state index in [1.54, 1.807) is 18.2 Å². The number of carboxylic acid groups (broad SMARTS) is 1. The summed E-state index contributed by atoms with van der Waals surface area (Å²) in [6.45, 7) is 2.36. The molecule has 0 saturated carbocycles. The first-order valence-corrected chi connectivity index (χ1v) is 12.5. The lowest BCUT2D eigenvalue weighted by molar-refractivity contribution is 0.122. The fraction of sp³-hybridized carbons (Fsp3) is 0.458. The number of hydrogen-bond donors (Lipinski definition) is 2. The van der Waals surface area contributed by atoms with Gasteiger partial charge in [-0.25, -0.2) is 23.4 Å². The molecule has 0 radical (unpaired) electrons. The van der Waals surface area contributed by atoms with Crippen molar-refractivity contribution >= 4 is 34.1 Å². The topological polar surface area (TPSA) is 144 Å². The first-order chi connectivity index (χ1) is 18.9. The van der Waals surface area contributed by atoms with Gasteiger partial charge in [-0.1, -0.05) is 6.07 Å². The van der Waals surface area contributed by atoms with Crippen molar-refractivity contribution in [2.75, 3.05) is 51.4 Å². The molecule has 2 fully saturated rings. The zero-order chi connectivity index (χ0) is 27.3. The number of halogens is 2. The maximum absolute atomic E-state index is 14.3. The molecule has 13 nitrogen and oxygen atoms in total. The number of ether oxygens (including phenoxy) is 2. The van der Waals surface area contributed by atoms with Crippen molar-refractivity contribution in [3.05, 3.63) is 34.5 Å². The van der Waals surface area contributed by atoms with Crippen LogP contribution < -0.4 is 15.3 Å². The van der Waals surface area contributed by atoms with E-state index in [0.29, 0.717) is 61.7 Å². The summed E-state index contributed by atoms with van der Waals surface area (Å²) in [5.74, 6) is 0.0974. The first kappa shape index (κ1) is 25.0. The van der Waals surface area contributed by atoms with Gasteiger partial charge in [-0.2, -0.15) is 9.97 Å². The number of aromatic nitrogens is 6. The van der Waals surface area contributed by atoms with E-state index < -0.39 is 24.0 Å². The zero-order valence-electron chi connectivity index (χ0n) is 21.0. The second-order valence-electron chi connectivity index (χ2n) is 9.38. The molecule has 6 rings (SSSR count). The Labute approximate surface area is 219 Å². The second kappa shape index (κ2) is 9.80. The lowest BCUT2D eigenvalue weighted by atomic mass is 10.1. The SMILES string of the molecule is COc1cccc2c1nc(C(F)F)n2-c1nc(N2CCOCC2)c2[nH]c(=O)n(C3CCN(C(=O)O)CC3)c2n1. The van der Waals surface area contributed by atoms with Crippen LogP contribution in [0.15, 0.2) is 23.0 Å². The van der Waals surface area contributed by atoms with Gasteiger partial charge >= 0.3 is 11.8 Å². The monoisotopic (exact) mass is 544 g/mol. The van der Waals surface area contributed by atoms with Gasteiger partial charge in [0.2, 0.25) is 5.95 Å². The van der Waals surface area contributed by atoms with Crippen LogP contribution in [0.5, 0.6) is 5.75 Å². The molecule has 3 aromatic heterocycles. The number of hydrogen-bond acceptors (Lipinski definition) is 8. The number of fused-ring (bicyclic) bond motifs is 2. The standard InChI is InChI=1S/C24H26F2N8O5/c1-38-15-4-2-3-14-16(15)27-21(18(25)26)34(14)22-29-19(31-9-11-39-12-10-31)17-20(30-22)33(23(35)28-17)13-5-7-32(8-6-13)24(36)37/h2-4,13,18H,5-12H2,1H3,(H,28,35)(H,36,37). The van der Waals surface area contributed by atoms with Crippen LogP contribution in [-0.2, 0) is 4.74 Å². The molecule has 0 spiro atoms. The van der Waals surface area contributed by atoms with Gasteiger partial charge in [0.15, 0.2) is 17.3 Å². The van der Waals surface area contributed by atoms with Crippen molar-refractivity contribution in [2.45, 2.75) is 25.3 Å². The number of imidazole rings is 2. The van der Waals surface area contributed by atoms with Crippen LogP contribution in [-0.4, -0.2) is 91.7 Å². The molecule has 39 heavy (non-hydrogen) atoms. The minimum Gasteiger partial charge on any atom is -0.494 e. The Kier molecular flexibility index (Phi) is 6.29. The van der Waals surface area contributed by atoms with E-state index in [2.05, 4.69) is 19.9 Å². The Morgan fingerprint density at radius 2 is 1.90 bits per heavy atom. The van der Waals surface area contributed by atoms with Crippen molar-refractivity contribution in [2.24, 2.45) is 0 Å². The van der Waals surface area contributed by atoms with E-state index in [1.165, 1.54) is 21.1 Å². The molecule has 2 N–H and O–H groups in total. The number of H-pyrrole nitrogens is 1. The highest BCUT2D eigenvalue weighted by atomic mass is 19.3. The quantitative estimate of drug-likeness (QED) is 0.387. The minimum absolute atomic E-state index is 0.0641. The van der Waals surface area contributed by atoms with Gasteiger partial charge in [0.05, 0.1) is 25.8 Å². The van der Waals surface area contributed by atoms with Crippen LogP contribution in [0.2, 0.25) is 0 Å². The third kappa shape index (κ3) is 4.22. The minimum atomic E-state index is -2.94. The second-order valence-corrected chi connectivity index (χ2v) is 9.38. The number of nitrogens with one attached hydrogen (secondary N) is 1. The summed E-state index contributed by atoms with van der Waals surface area (Å²) in [6.07, 6.45) is -3.15. The lowest BCUT2D eigenvalue weighted by Gasteiger charge is -2.30. The molecule has 206 valence electrons. The number of nitrogens with zero attached hydrogens (tertiary/aromatic N) is 7. The Bertz CT molecular complexity index is 1600. The van der Waals surface area contributed by atoms with Gasteiger partial charge in [-0.15, -0.1) is 0 Å². The number of carbonyl (C=O) groups is 1. The van der Waals surface area contributed by atoms with Crippen molar-refractivity contribution in [1.29, 1.82) is 0 Å². The van der Waals surface area contributed by atoms with Gasteiger partial charge in [0.1, 0.15) is 16.8 Å². The van der Waals surface area contributed by atoms with Gasteiger partial charge < -0.3 is 29.4 Å². The molecule has 1 amide bonds. The number of alkyl halides is 2. The van der Waals surface area contributed by atoms with Gasteiger partial charge in [0, 0.05) is 32.2 Å². The molecule has 0 atom stereocenters. The third-order valence-electron chi connectivity index (χ3n) is 7.24. The largest absolute Gasteiger partial charge is 0.494 e. The molecule has 0 bridgehead atoms. The van der Waals surface area contributed by atoms with Crippen molar-refractivity contribution in [3.63, 3.8) is 0 Å². The predicted octanol–water partition coefficient (Wildman–Crippen LogP) is 2.56. The summed E-state index contributed by atoms with van der Waals surface area (Å²) in [5, 5.41) is 9.33. The van der Waals surface area contributed by atoms with Crippen molar-refractivity contribution < 1.29 is 28.2 Å². The molecular weight excluding hydrogens is 518 g/mol. The van der Waals surface area contributed by atoms with Crippen molar-refractivity contribution in [1.82, 2.24) is 34.0 Å². The van der Waals surface area contributed by atoms with E-state index in [1.807, 2.05) is 4.90 Å². The molecular formula is C24H26F2N8O5. The van der Waals surface area contributed by atoms with E-state index in [4.69, 9.17) is 9.47 Å². The lowest BCUT2D eigenvalue weighted by Crippen LogP contribution is -2.39. The number of rotatable bonds is 5. The van der Waals surface area contributed by atoms with E-state index in [0.717, 1.165) is 0 Å². The Balaban J connectivity index is 1.58. The van der Waals surface area contributed by atoms with Crippen LogP contribution in [0.4, 0.5) is 19.4 Å². The zero-order valence-corrected chi connectivity index (χ0v) is 21.0. The molecule has 2 saturated heterocycles. The Morgan fingerprint density at radius 1 is 1.15 bits per heavy atom. The molecule has 2 aliphatic heterocycles. The Hall–Kier alpha value is -4.27. The van der Waals surface area contributed by atoms with Gasteiger partial charge in [0.25, 0.3) is 6.43 Å². The highest BCUT2D eigenvalue weighted by molar-refractivity contribution is 5.87. The smallest absolute Gasteiger partial charge is 0.407 e. The number of amides is 1. The maximum Gasteiger partial charge on any atom is 0.407 e. The summed E-state index contributed by atoms with van der Waals surface area (Å²) in [4.78, 5) is 44.3. The van der Waals surface area contributed by atoms with Crippen LogP contribution in [0, 0.1) is 0 Å². The molecule has 2 aliphatic rings.